The van der Waals surface area contributed by atoms with Crippen LogP contribution in [0.4, 0.5) is 20.5 Å². The SMILES string of the molecule is CCNCc1nnc(Nc2ccc(F)c(F)c2)o1. The molecule has 0 atom stereocenters. The van der Waals surface area contributed by atoms with Crippen molar-refractivity contribution in [3.8, 4) is 0 Å². The average Bonchev–Trinajstić information content (AvgIpc) is 2.79. The van der Waals surface area contributed by atoms with Gasteiger partial charge < -0.3 is 15.1 Å². The quantitative estimate of drug-likeness (QED) is 0.856. The van der Waals surface area contributed by atoms with E-state index in [1.807, 2.05) is 6.92 Å². The molecule has 0 unspecified atom stereocenters. The van der Waals surface area contributed by atoms with Crippen LogP contribution in [-0.4, -0.2) is 16.7 Å². The molecule has 0 bridgehead atoms. The van der Waals surface area contributed by atoms with E-state index >= 15 is 0 Å². The van der Waals surface area contributed by atoms with Crippen LogP contribution in [-0.2, 0) is 6.54 Å². The largest absolute Gasteiger partial charge is 0.406 e. The van der Waals surface area contributed by atoms with Gasteiger partial charge in [0.05, 0.1) is 6.54 Å². The number of rotatable bonds is 5. The fourth-order valence-electron chi connectivity index (χ4n) is 1.30. The van der Waals surface area contributed by atoms with E-state index < -0.39 is 11.6 Å². The predicted molar refractivity (Wildman–Crippen MR) is 61.3 cm³/mol. The molecule has 96 valence electrons. The van der Waals surface area contributed by atoms with Gasteiger partial charge in [-0.3, -0.25) is 0 Å². The molecule has 7 heteroatoms. The topological polar surface area (TPSA) is 63.0 Å². The van der Waals surface area contributed by atoms with Crippen LogP contribution in [0.15, 0.2) is 22.6 Å². The van der Waals surface area contributed by atoms with Gasteiger partial charge in [0, 0.05) is 11.8 Å². The van der Waals surface area contributed by atoms with Crippen molar-refractivity contribution < 1.29 is 13.2 Å². The summed E-state index contributed by atoms with van der Waals surface area (Å²) < 4.78 is 30.9. The van der Waals surface area contributed by atoms with E-state index in [1.165, 1.54) is 6.07 Å². The highest BCUT2D eigenvalue weighted by atomic mass is 19.2. The van der Waals surface area contributed by atoms with Gasteiger partial charge in [-0.2, -0.15) is 0 Å². The van der Waals surface area contributed by atoms with Crippen LogP contribution < -0.4 is 10.6 Å². The van der Waals surface area contributed by atoms with E-state index in [2.05, 4.69) is 20.8 Å². The summed E-state index contributed by atoms with van der Waals surface area (Å²) in [7, 11) is 0. The van der Waals surface area contributed by atoms with Crippen molar-refractivity contribution >= 4 is 11.7 Å². The van der Waals surface area contributed by atoms with Gasteiger partial charge in [-0.25, -0.2) is 8.78 Å². The van der Waals surface area contributed by atoms with E-state index in [9.17, 15) is 8.78 Å². The molecule has 2 N–H and O–H groups in total. The third kappa shape index (κ3) is 3.01. The molecule has 0 radical (unpaired) electrons. The van der Waals surface area contributed by atoms with Gasteiger partial charge in [0.1, 0.15) is 0 Å². The first-order chi connectivity index (χ1) is 8.69. The summed E-state index contributed by atoms with van der Waals surface area (Å²) in [6.45, 7) is 3.20. The molecular weight excluding hydrogens is 242 g/mol. The van der Waals surface area contributed by atoms with E-state index in [0.717, 1.165) is 18.7 Å². The number of anilines is 2. The lowest BCUT2D eigenvalue weighted by atomic mass is 10.3. The van der Waals surface area contributed by atoms with Gasteiger partial charge in [0.15, 0.2) is 11.6 Å². The molecule has 1 aromatic heterocycles. The third-order valence-electron chi connectivity index (χ3n) is 2.16. The first kappa shape index (κ1) is 12.4. The van der Waals surface area contributed by atoms with Crippen molar-refractivity contribution in [3.63, 3.8) is 0 Å². The highest BCUT2D eigenvalue weighted by Crippen LogP contribution is 2.17. The minimum Gasteiger partial charge on any atom is -0.406 e. The highest BCUT2D eigenvalue weighted by molar-refractivity contribution is 5.51. The van der Waals surface area contributed by atoms with Crippen molar-refractivity contribution in [2.45, 2.75) is 13.5 Å². The number of nitrogens with zero attached hydrogens (tertiary/aromatic N) is 2. The van der Waals surface area contributed by atoms with E-state index in [1.54, 1.807) is 0 Å². The second kappa shape index (κ2) is 5.54. The normalized spacial score (nSPS) is 10.6. The first-order valence-corrected chi connectivity index (χ1v) is 5.44. The van der Waals surface area contributed by atoms with Gasteiger partial charge >= 0.3 is 6.01 Å². The van der Waals surface area contributed by atoms with Gasteiger partial charge in [-0.1, -0.05) is 12.0 Å². The Hall–Kier alpha value is -2.02. The van der Waals surface area contributed by atoms with Gasteiger partial charge in [-0.05, 0) is 18.7 Å². The van der Waals surface area contributed by atoms with E-state index in [4.69, 9.17) is 4.42 Å². The Balaban J connectivity index is 2.04. The maximum absolute atomic E-state index is 13.0. The van der Waals surface area contributed by atoms with Gasteiger partial charge in [-0.15, -0.1) is 5.10 Å². The Morgan fingerprint density at radius 2 is 2.06 bits per heavy atom. The van der Waals surface area contributed by atoms with Crippen LogP contribution in [0, 0.1) is 11.6 Å². The first-order valence-electron chi connectivity index (χ1n) is 5.44. The van der Waals surface area contributed by atoms with Crippen molar-refractivity contribution in [1.82, 2.24) is 15.5 Å². The van der Waals surface area contributed by atoms with Gasteiger partial charge in [0.2, 0.25) is 5.89 Å². The molecular formula is C11H12F2N4O. The average molecular weight is 254 g/mol. The van der Waals surface area contributed by atoms with E-state index in [0.29, 0.717) is 18.1 Å². The van der Waals surface area contributed by atoms with Crippen molar-refractivity contribution in [3.05, 3.63) is 35.7 Å². The summed E-state index contributed by atoms with van der Waals surface area (Å²) in [5, 5.41) is 13.2. The molecule has 2 aromatic rings. The number of aromatic nitrogens is 2. The lowest BCUT2D eigenvalue weighted by molar-refractivity contribution is 0.484. The maximum atomic E-state index is 13.0. The maximum Gasteiger partial charge on any atom is 0.320 e. The Morgan fingerprint density at radius 1 is 1.22 bits per heavy atom. The summed E-state index contributed by atoms with van der Waals surface area (Å²) in [4.78, 5) is 0. The monoisotopic (exact) mass is 254 g/mol. The number of hydrogen-bond donors (Lipinski definition) is 2. The molecule has 0 amide bonds. The van der Waals surface area contributed by atoms with Crippen LogP contribution in [0.5, 0.6) is 0 Å². The highest BCUT2D eigenvalue weighted by Gasteiger charge is 2.07. The van der Waals surface area contributed by atoms with Crippen molar-refractivity contribution in [2.24, 2.45) is 0 Å². The summed E-state index contributed by atoms with van der Waals surface area (Å²) in [5.74, 6) is -1.42. The molecule has 0 saturated carbocycles. The molecule has 18 heavy (non-hydrogen) atoms. The van der Waals surface area contributed by atoms with Crippen molar-refractivity contribution in [2.75, 3.05) is 11.9 Å². The second-order valence-electron chi connectivity index (χ2n) is 3.54. The number of halogens is 2. The fourth-order valence-corrected chi connectivity index (χ4v) is 1.30. The molecule has 0 saturated heterocycles. The number of nitrogens with one attached hydrogen (secondary N) is 2. The summed E-state index contributed by atoms with van der Waals surface area (Å²) in [6.07, 6.45) is 0. The molecule has 5 nitrogen and oxygen atoms in total. The summed E-state index contributed by atoms with van der Waals surface area (Å²) in [6, 6.07) is 3.55. The molecule has 0 aliphatic heterocycles. The van der Waals surface area contributed by atoms with Gasteiger partial charge in [0.25, 0.3) is 0 Å². The fraction of sp³-hybridized carbons (Fsp3) is 0.273. The standard InChI is InChI=1S/C11H12F2N4O/c1-2-14-6-10-16-17-11(18-10)15-7-3-4-8(12)9(13)5-7/h3-5,14H,2,6H2,1H3,(H,15,17). The lowest BCUT2D eigenvalue weighted by Gasteiger charge is -2.01. The molecule has 0 fully saturated rings. The second-order valence-corrected chi connectivity index (χ2v) is 3.54. The Kier molecular flexibility index (Phi) is 3.83. The number of hydrogen-bond acceptors (Lipinski definition) is 5. The molecule has 2 rings (SSSR count). The number of benzene rings is 1. The van der Waals surface area contributed by atoms with Crippen LogP contribution in [0.2, 0.25) is 0 Å². The zero-order chi connectivity index (χ0) is 13.0. The minimum atomic E-state index is -0.938. The molecule has 0 aliphatic rings. The zero-order valence-corrected chi connectivity index (χ0v) is 9.70. The van der Waals surface area contributed by atoms with Crippen LogP contribution in [0.1, 0.15) is 12.8 Å². The molecule has 0 aliphatic carbocycles. The van der Waals surface area contributed by atoms with Crippen LogP contribution in [0.25, 0.3) is 0 Å². The van der Waals surface area contributed by atoms with Crippen molar-refractivity contribution in [1.29, 1.82) is 0 Å². The lowest BCUT2D eigenvalue weighted by Crippen LogP contribution is -2.11. The molecule has 1 heterocycles. The van der Waals surface area contributed by atoms with Crippen LogP contribution in [0.3, 0.4) is 0 Å². The Bertz CT molecular complexity index is 530. The van der Waals surface area contributed by atoms with Crippen LogP contribution >= 0.6 is 0 Å². The molecule has 1 aromatic carbocycles. The zero-order valence-electron chi connectivity index (χ0n) is 9.70. The Morgan fingerprint density at radius 3 is 2.78 bits per heavy atom. The molecule has 0 spiro atoms. The summed E-state index contributed by atoms with van der Waals surface area (Å²) >= 11 is 0. The predicted octanol–water partition coefficient (Wildman–Crippen LogP) is 2.20. The third-order valence-corrected chi connectivity index (χ3v) is 2.16. The van der Waals surface area contributed by atoms with E-state index in [-0.39, 0.29) is 6.01 Å². The summed E-state index contributed by atoms with van der Waals surface area (Å²) in [5.41, 5.74) is 0.340. The minimum absolute atomic E-state index is 0.133. The smallest absolute Gasteiger partial charge is 0.320 e. The Labute approximate surface area is 102 Å².